The molecule has 3 fully saturated rings. The Labute approximate surface area is 255 Å². The Kier molecular flexibility index (Phi) is 8.17. The lowest BCUT2D eigenvalue weighted by Gasteiger charge is -2.61. The van der Waals surface area contributed by atoms with Gasteiger partial charge in [0.05, 0.1) is 12.2 Å². The molecule has 1 aromatic rings. The van der Waals surface area contributed by atoms with Gasteiger partial charge in [0.15, 0.2) is 0 Å². The van der Waals surface area contributed by atoms with Crippen molar-refractivity contribution in [2.75, 3.05) is 19.8 Å². The fraction of sp³-hybridized carbons (Fsp3) is 0.636. The highest BCUT2D eigenvalue weighted by molar-refractivity contribution is 5.91. The number of aromatic carboxylic acids is 1. The van der Waals surface area contributed by atoms with E-state index in [4.69, 9.17) is 14.2 Å². The molecular formula is C33H42O11. The molecule has 0 amide bonds. The van der Waals surface area contributed by atoms with Gasteiger partial charge in [0.25, 0.3) is 0 Å². The van der Waals surface area contributed by atoms with Crippen molar-refractivity contribution in [3.05, 3.63) is 52.6 Å². The Morgan fingerprint density at radius 2 is 1.84 bits per heavy atom. The highest BCUT2D eigenvalue weighted by Gasteiger charge is 2.60. The van der Waals surface area contributed by atoms with Crippen molar-refractivity contribution in [2.24, 2.45) is 28.6 Å². The van der Waals surface area contributed by atoms with E-state index in [0.29, 0.717) is 18.6 Å². The second-order valence-electron chi connectivity index (χ2n) is 13.6. The Morgan fingerprint density at radius 3 is 2.50 bits per heavy atom. The van der Waals surface area contributed by atoms with E-state index in [0.717, 1.165) is 31.3 Å². The van der Waals surface area contributed by atoms with E-state index in [1.165, 1.54) is 17.7 Å². The van der Waals surface area contributed by atoms with E-state index in [-0.39, 0.29) is 53.0 Å². The number of hydrogen-bond donors (Lipinski definition) is 6. The summed E-state index contributed by atoms with van der Waals surface area (Å²) in [5, 5.41) is 61.6. The van der Waals surface area contributed by atoms with E-state index in [9.17, 15) is 40.2 Å². The molecule has 0 radical (unpaired) electrons. The number of benzene rings is 1. The van der Waals surface area contributed by atoms with Gasteiger partial charge in [0, 0.05) is 23.5 Å². The van der Waals surface area contributed by atoms with Gasteiger partial charge in [-0.2, -0.15) is 0 Å². The molecule has 2 saturated carbocycles. The van der Waals surface area contributed by atoms with E-state index in [1.807, 2.05) is 13.0 Å². The van der Waals surface area contributed by atoms with Gasteiger partial charge >= 0.3 is 11.9 Å². The first kappa shape index (κ1) is 31.2. The number of aliphatic hydroxyl groups is 5. The van der Waals surface area contributed by atoms with Crippen molar-refractivity contribution < 1.29 is 54.4 Å². The van der Waals surface area contributed by atoms with Gasteiger partial charge in [0.2, 0.25) is 6.29 Å². The summed E-state index contributed by atoms with van der Waals surface area (Å²) in [4.78, 5) is 24.8. The van der Waals surface area contributed by atoms with Gasteiger partial charge in [-0.05, 0) is 85.1 Å². The third-order valence-corrected chi connectivity index (χ3v) is 11.5. The number of carboxylic acids is 1. The van der Waals surface area contributed by atoms with Gasteiger partial charge in [-0.25, -0.2) is 9.59 Å². The van der Waals surface area contributed by atoms with Gasteiger partial charge in [0.1, 0.15) is 36.8 Å². The highest BCUT2D eigenvalue weighted by Crippen LogP contribution is 2.67. The number of fused-ring (bicyclic) bond motifs is 3. The molecule has 11 nitrogen and oxygen atoms in total. The minimum atomic E-state index is -1.62. The van der Waals surface area contributed by atoms with Crippen molar-refractivity contribution in [3.8, 4) is 5.75 Å². The van der Waals surface area contributed by atoms with E-state index >= 15 is 0 Å². The Hall–Kier alpha value is -2.80. The fourth-order valence-corrected chi connectivity index (χ4v) is 9.16. The van der Waals surface area contributed by atoms with Crippen LogP contribution in [0.25, 0.3) is 0 Å². The quantitative estimate of drug-likeness (QED) is 0.195. The summed E-state index contributed by atoms with van der Waals surface area (Å²) in [7, 11) is 0. The monoisotopic (exact) mass is 614 g/mol. The number of hydrogen-bond acceptors (Lipinski definition) is 10. The standard InChI is InChI=1S/C33H42O11/c1-32-9-7-22(33(2,15-35)25(32)6-3-16-11-17(12-23(16)32)19-8-10-42-30(19)41)21-13-18(4-5-20(21)29(39)40)43-31-28(38)27(37)26(36)24(14-34)44-31/h4-5,8,11,13,17,22-28,31,34-38H,3,6-7,9-10,12,14-15H2,1-2H3,(H,39,40). The molecule has 6 rings (SSSR count). The molecule has 2 aliphatic heterocycles. The first-order valence-electron chi connectivity index (χ1n) is 15.5. The van der Waals surface area contributed by atoms with Crippen LogP contribution in [0.1, 0.15) is 67.8 Å². The molecule has 1 aromatic carbocycles. The van der Waals surface area contributed by atoms with Crippen LogP contribution in [0, 0.1) is 28.6 Å². The predicted molar refractivity (Wildman–Crippen MR) is 155 cm³/mol. The van der Waals surface area contributed by atoms with Crippen LogP contribution in [0.3, 0.4) is 0 Å². The van der Waals surface area contributed by atoms with E-state index < -0.39 is 48.7 Å². The lowest BCUT2D eigenvalue weighted by Crippen LogP contribution is -2.60. The van der Waals surface area contributed by atoms with Crippen LogP contribution >= 0.6 is 0 Å². The molecule has 2 heterocycles. The number of carbonyl (C=O) groups is 2. The largest absolute Gasteiger partial charge is 0.478 e. The number of cyclic esters (lactones) is 1. The van der Waals surface area contributed by atoms with Crippen molar-refractivity contribution in [1.29, 1.82) is 0 Å². The SMILES string of the molecule is CC12CCC(c3cc(OC4OC(CO)C(O)C(O)C4O)ccc3C(=O)O)C(C)(CO)C1CCC1=CC(C3=CCOC3=O)CC12. The molecule has 0 aromatic heterocycles. The topological polar surface area (TPSA) is 183 Å². The summed E-state index contributed by atoms with van der Waals surface area (Å²) in [5.41, 5.74) is 1.84. The summed E-state index contributed by atoms with van der Waals surface area (Å²) in [6.07, 6.45) is 0.690. The molecule has 240 valence electrons. The first-order valence-corrected chi connectivity index (χ1v) is 15.5. The van der Waals surface area contributed by atoms with Crippen molar-refractivity contribution >= 4 is 11.9 Å². The molecule has 5 aliphatic rings. The molecule has 11 unspecified atom stereocenters. The summed E-state index contributed by atoms with van der Waals surface area (Å²) in [6, 6.07) is 4.47. The molecule has 11 heteroatoms. The minimum absolute atomic E-state index is 0.0218. The van der Waals surface area contributed by atoms with Crippen LogP contribution in [0.4, 0.5) is 0 Å². The Bertz CT molecular complexity index is 1370. The number of carboxylic acid groups (broad SMARTS) is 1. The molecule has 3 aliphatic carbocycles. The van der Waals surface area contributed by atoms with E-state index in [1.54, 1.807) is 6.07 Å². The van der Waals surface area contributed by atoms with Crippen LogP contribution in [0.15, 0.2) is 41.5 Å². The maximum Gasteiger partial charge on any atom is 0.335 e. The number of esters is 1. The van der Waals surface area contributed by atoms with Crippen LogP contribution in [0.2, 0.25) is 0 Å². The van der Waals surface area contributed by atoms with Crippen molar-refractivity contribution in [1.82, 2.24) is 0 Å². The van der Waals surface area contributed by atoms with Crippen LogP contribution in [-0.4, -0.2) is 93.1 Å². The lowest BCUT2D eigenvalue weighted by molar-refractivity contribution is -0.277. The molecule has 1 saturated heterocycles. The molecule has 0 bridgehead atoms. The minimum Gasteiger partial charge on any atom is -0.478 e. The van der Waals surface area contributed by atoms with Crippen LogP contribution in [0.5, 0.6) is 5.75 Å². The maximum absolute atomic E-state index is 12.5. The van der Waals surface area contributed by atoms with Crippen LogP contribution < -0.4 is 4.74 Å². The van der Waals surface area contributed by atoms with Crippen molar-refractivity contribution in [2.45, 2.75) is 82.6 Å². The third kappa shape index (κ3) is 4.89. The number of rotatable bonds is 7. The number of ether oxygens (including phenoxy) is 3. The molecule has 44 heavy (non-hydrogen) atoms. The van der Waals surface area contributed by atoms with Gasteiger partial charge in [-0.1, -0.05) is 25.5 Å². The average molecular weight is 615 g/mol. The van der Waals surface area contributed by atoms with E-state index in [2.05, 4.69) is 13.0 Å². The lowest BCUT2D eigenvalue weighted by atomic mass is 9.44. The second kappa shape index (κ2) is 11.5. The molecule has 0 spiro atoms. The first-order chi connectivity index (χ1) is 20.9. The number of allylic oxidation sites excluding steroid dienone is 2. The van der Waals surface area contributed by atoms with Crippen LogP contribution in [-0.2, 0) is 14.3 Å². The summed E-state index contributed by atoms with van der Waals surface area (Å²) >= 11 is 0. The van der Waals surface area contributed by atoms with Gasteiger partial charge < -0.3 is 44.8 Å². The zero-order chi connectivity index (χ0) is 31.6. The summed E-state index contributed by atoms with van der Waals surface area (Å²) in [6.45, 7) is 3.87. The Morgan fingerprint density at radius 1 is 1.07 bits per heavy atom. The van der Waals surface area contributed by atoms with Crippen molar-refractivity contribution in [3.63, 3.8) is 0 Å². The zero-order valence-corrected chi connectivity index (χ0v) is 25.0. The summed E-state index contributed by atoms with van der Waals surface area (Å²) < 4.78 is 16.6. The average Bonchev–Trinajstić information content (AvgIpc) is 3.64. The molecular weight excluding hydrogens is 572 g/mol. The number of aliphatic hydroxyl groups excluding tert-OH is 5. The van der Waals surface area contributed by atoms with Gasteiger partial charge in [-0.15, -0.1) is 0 Å². The second-order valence-corrected chi connectivity index (χ2v) is 13.6. The number of carbonyl (C=O) groups excluding carboxylic acids is 1. The third-order valence-electron chi connectivity index (χ3n) is 11.5. The smallest absolute Gasteiger partial charge is 0.335 e. The van der Waals surface area contributed by atoms with Gasteiger partial charge in [-0.3, -0.25) is 0 Å². The zero-order valence-electron chi connectivity index (χ0n) is 25.0. The molecule has 11 atom stereocenters. The maximum atomic E-state index is 12.5. The molecule has 6 N–H and O–H groups in total. The fourth-order valence-electron chi connectivity index (χ4n) is 9.16. The Balaban J connectivity index is 1.30. The summed E-state index contributed by atoms with van der Waals surface area (Å²) in [5.74, 6) is -1.17. The highest BCUT2D eigenvalue weighted by atomic mass is 16.7. The predicted octanol–water partition coefficient (Wildman–Crippen LogP) is 1.90. The normalized spacial score (nSPS) is 41.7.